The molecule has 0 aliphatic carbocycles. The fourth-order valence-electron chi connectivity index (χ4n) is 3.80. The van der Waals surface area contributed by atoms with Crippen LogP contribution in [0.5, 0.6) is 0 Å². The van der Waals surface area contributed by atoms with Crippen LogP contribution in [0.25, 0.3) is 21.8 Å². The van der Waals surface area contributed by atoms with E-state index in [0.717, 1.165) is 16.9 Å². The molecule has 0 fully saturated rings. The van der Waals surface area contributed by atoms with Gasteiger partial charge in [-0.1, -0.05) is 44.2 Å². The molecule has 0 spiro atoms. The molecule has 0 bridgehead atoms. The quantitative estimate of drug-likeness (QED) is 0.497. The van der Waals surface area contributed by atoms with E-state index in [-0.39, 0.29) is 35.9 Å². The van der Waals surface area contributed by atoms with Gasteiger partial charge in [0, 0.05) is 5.39 Å². The van der Waals surface area contributed by atoms with E-state index >= 15 is 0 Å². The second kappa shape index (κ2) is 8.34. The third-order valence-electron chi connectivity index (χ3n) is 5.41. The largest absolute Gasteiger partial charge is 0.346 e. The van der Waals surface area contributed by atoms with Crippen molar-refractivity contribution in [3.63, 3.8) is 0 Å². The van der Waals surface area contributed by atoms with Gasteiger partial charge in [-0.3, -0.25) is 9.59 Å². The van der Waals surface area contributed by atoms with E-state index in [1.54, 1.807) is 6.07 Å². The summed E-state index contributed by atoms with van der Waals surface area (Å²) < 4.78 is 1.45. The minimum Gasteiger partial charge on any atom is -0.346 e. The highest BCUT2D eigenvalue weighted by atomic mass is 16.2. The number of para-hydroxylation sites is 2. The van der Waals surface area contributed by atoms with Gasteiger partial charge in [-0.25, -0.2) is 9.67 Å². The van der Waals surface area contributed by atoms with Crippen molar-refractivity contribution in [3.8, 4) is 0 Å². The number of hydrogen-bond donors (Lipinski definition) is 2. The van der Waals surface area contributed by atoms with Crippen LogP contribution in [0.1, 0.15) is 51.3 Å². The van der Waals surface area contributed by atoms with Crippen LogP contribution in [0.15, 0.2) is 53.3 Å². The van der Waals surface area contributed by atoms with E-state index in [1.807, 2.05) is 70.2 Å². The molecular weight excluding hydrogens is 390 g/mol. The molecule has 2 aromatic heterocycles. The first-order valence-electron chi connectivity index (χ1n) is 10.6. The maximum Gasteiger partial charge on any atom is 0.274 e. The molecule has 2 heterocycles. The first kappa shape index (κ1) is 20.8. The minimum atomic E-state index is -0.262. The molecule has 0 aliphatic heterocycles. The predicted molar refractivity (Wildman–Crippen MR) is 122 cm³/mol. The van der Waals surface area contributed by atoms with Gasteiger partial charge < -0.3 is 10.3 Å². The zero-order valence-electron chi connectivity index (χ0n) is 18.2. The average molecular weight is 418 g/mol. The molecule has 7 nitrogen and oxygen atoms in total. The van der Waals surface area contributed by atoms with Crippen LogP contribution in [0.4, 0.5) is 0 Å². The first-order valence-corrected chi connectivity index (χ1v) is 10.6. The Labute approximate surface area is 180 Å². The molecule has 1 amide bonds. The number of amides is 1. The van der Waals surface area contributed by atoms with Gasteiger partial charge in [-0.05, 0) is 38.0 Å². The van der Waals surface area contributed by atoms with Crippen LogP contribution in [0.3, 0.4) is 0 Å². The Morgan fingerprint density at radius 1 is 1.03 bits per heavy atom. The van der Waals surface area contributed by atoms with Gasteiger partial charge in [0.05, 0.1) is 40.6 Å². The van der Waals surface area contributed by atoms with Gasteiger partial charge in [0.1, 0.15) is 5.82 Å². The highest BCUT2D eigenvalue weighted by Crippen LogP contribution is 2.23. The number of H-pyrrole nitrogens is 1. The van der Waals surface area contributed by atoms with Crippen molar-refractivity contribution < 1.29 is 4.79 Å². The molecule has 4 aromatic rings. The summed E-state index contributed by atoms with van der Waals surface area (Å²) in [7, 11) is 0. The number of nitrogens with one attached hydrogen (secondary N) is 2. The molecule has 0 radical (unpaired) electrons. The lowest BCUT2D eigenvalue weighted by Crippen LogP contribution is -2.34. The third kappa shape index (κ3) is 4.08. The highest BCUT2D eigenvalue weighted by molar-refractivity contribution is 5.88. The summed E-state index contributed by atoms with van der Waals surface area (Å²) in [6, 6.07) is 14.8. The maximum absolute atomic E-state index is 13.0. The van der Waals surface area contributed by atoms with Gasteiger partial charge >= 0.3 is 0 Å². The Hall–Kier alpha value is -3.48. The van der Waals surface area contributed by atoms with Crippen LogP contribution in [-0.2, 0) is 11.2 Å². The Balaban J connectivity index is 1.65. The number of carbonyl (C=O) groups excluding carboxylic acids is 1. The molecule has 0 saturated carbocycles. The van der Waals surface area contributed by atoms with Crippen molar-refractivity contribution in [2.45, 2.75) is 46.2 Å². The lowest BCUT2D eigenvalue weighted by molar-refractivity contribution is -0.121. The Morgan fingerprint density at radius 2 is 1.71 bits per heavy atom. The number of hydrogen-bond acceptors (Lipinski definition) is 4. The van der Waals surface area contributed by atoms with Crippen molar-refractivity contribution >= 4 is 27.7 Å². The van der Waals surface area contributed by atoms with E-state index in [9.17, 15) is 9.59 Å². The average Bonchev–Trinajstić information content (AvgIpc) is 3.17. The van der Waals surface area contributed by atoms with Gasteiger partial charge in [0.15, 0.2) is 0 Å². The zero-order chi connectivity index (χ0) is 22.1. The van der Waals surface area contributed by atoms with Crippen molar-refractivity contribution in [2.75, 3.05) is 0 Å². The number of nitrogens with zero attached hydrogens (tertiary/aromatic N) is 3. The minimum absolute atomic E-state index is 0.0803. The van der Waals surface area contributed by atoms with Crippen molar-refractivity contribution in [3.05, 3.63) is 70.4 Å². The fraction of sp³-hybridized carbons (Fsp3) is 0.333. The molecule has 0 saturated heterocycles. The third-order valence-corrected chi connectivity index (χ3v) is 5.41. The van der Waals surface area contributed by atoms with E-state index in [4.69, 9.17) is 0 Å². The number of rotatable bonds is 6. The van der Waals surface area contributed by atoms with Gasteiger partial charge in [-0.2, -0.15) is 5.10 Å². The first-order chi connectivity index (χ1) is 14.8. The molecular formula is C24H27N5O2. The number of aromatic nitrogens is 4. The fourth-order valence-corrected chi connectivity index (χ4v) is 3.80. The number of imidazole rings is 1. The molecule has 2 aromatic carbocycles. The van der Waals surface area contributed by atoms with Crippen LogP contribution in [-0.4, -0.2) is 25.7 Å². The predicted octanol–water partition coefficient (Wildman–Crippen LogP) is 3.91. The van der Waals surface area contributed by atoms with E-state index in [2.05, 4.69) is 20.4 Å². The van der Waals surface area contributed by atoms with E-state index in [1.165, 1.54) is 4.68 Å². The summed E-state index contributed by atoms with van der Waals surface area (Å²) in [6.45, 7) is 7.90. The van der Waals surface area contributed by atoms with Gasteiger partial charge in [0.2, 0.25) is 5.91 Å². The molecule has 4 rings (SSSR count). The lowest BCUT2D eigenvalue weighted by atomic mass is 10.0. The monoisotopic (exact) mass is 417 g/mol. The topological polar surface area (TPSA) is 92.7 Å². The molecule has 7 heteroatoms. The second-order valence-electron chi connectivity index (χ2n) is 8.44. The summed E-state index contributed by atoms with van der Waals surface area (Å²) in [6.07, 6.45) is 0.0803. The smallest absolute Gasteiger partial charge is 0.274 e. The SMILES string of the molecule is CC(C)C(NC(=O)Cc1nn(C(C)C)c(=O)c2ccccc12)c1nc2ccccc2[nH]1. The number of aromatic amines is 1. The molecule has 31 heavy (non-hydrogen) atoms. The summed E-state index contributed by atoms with van der Waals surface area (Å²) in [5.41, 5.74) is 2.26. The Morgan fingerprint density at radius 3 is 2.39 bits per heavy atom. The van der Waals surface area contributed by atoms with Gasteiger partial charge in [-0.15, -0.1) is 0 Å². The Bertz CT molecular complexity index is 1270. The summed E-state index contributed by atoms with van der Waals surface area (Å²) >= 11 is 0. The van der Waals surface area contributed by atoms with E-state index < -0.39 is 0 Å². The number of benzene rings is 2. The van der Waals surface area contributed by atoms with Crippen LogP contribution in [0, 0.1) is 5.92 Å². The maximum atomic E-state index is 13.0. The Kier molecular flexibility index (Phi) is 5.59. The van der Waals surface area contributed by atoms with Crippen LogP contribution >= 0.6 is 0 Å². The highest BCUT2D eigenvalue weighted by Gasteiger charge is 2.23. The standard InChI is InChI=1S/C24H27N5O2/c1-14(2)22(23-25-18-11-7-8-12-19(18)26-23)27-21(30)13-20-16-9-5-6-10-17(16)24(31)29(28-20)15(3)4/h5-12,14-15,22H,13H2,1-4H3,(H,25,26)(H,27,30). The molecule has 1 unspecified atom stereocenters. The summed E-state index contributed by atoms with van der Waals surface area (Å²) in [4.78, 5) is 33.8. The van der Waals surface area contributed by atoms with Crippen molar-refractivity contribution in [1.29, 1.82) is 0 Å². The van der Waals surface area contributed by atoms with Crippen LogP contribution < -0.4 is 10.9 Å². The zero-order valence-corrected chi connectivity index (χ0v) is 18.2. The van der Waals surface area contributed by atoms with Crippen molar-refractivity contribution in [2.24, 2.45) is 5.92 Å². The molecule has 2 N–H and O–H groups in total. The summed E-state index contributed by atoms with van der Waals surface area (Å²) in [5.74, 6) is 0.708. The lowest BCUT2D eigenvalue weighted by Gasteiger charge is -2.21. The molecule has 0 aliphatic rings. The number of carbonyl (C=O) groups is 1. The second-order valence-corrected chi connectivity index (χ2v) is 8.44. The van der Waals surface area contributed by atoms with Crippen molar-refractivity contribution in [1.82, 2.24) is 25.1 Å². The molecule has 1 atom stereocenters. The summed E-state index contributed by atoms with van der Waals surface area (Å²) in [5, 5.41) is 8.92. The molecule has 160 valence electrons. The van der Waals surface area contributed by atoms with Crippen LogP contribution in [0.2, 0.25) is 0 Å². The number of fused-ring (bicyclic) bond motifs is 2. The van der Waals surface area contributed by atoms with E-state index in [0.29, 0.717) is 16.5 Å². The van der Waals surface area contributed by atoms with Gasteiger partial charge in [0.25, 0.3) is 5.56 Å². The normalized spacial score (nSPS) is 12.7.